The predicted molar refractivity (Wildman–Crippen MR) is 108 cm³/mol. The smallest absolute Gasteiger partial charge is 0.146 e. The zero-order valence-electron chi connectivity index (χ0n) is 15.5. The van der Waals surface area contributed by atoms with Gasteiger partial charge in [0.05, 0.1) is 23.3 Å². The SMILES string of the molecule is [CH]c1cccc(CNCCc2nc3ccccc3n2Cc2ncccc2F)c1. The zero-order valence-corrected chi connectivity index (χ0v) is 15.5. The van der Waals surface area contributed by atoms with E-state index >= 15 is 0 Å². The minimum Gasteiger partial charge on any atom is -0.322 e. The van der Waals surface area contributed by atoms with Gasteiger partial charge in [-0.05, 0) is 42.3 Å². The van der Waals surface area contributed by atoms with Crippen molar-refractivity contribution in [2.24, 2.45) is 0 Å². The van der Waals surface area contributed by atoms with Crippen LogP contribution in [0.3, 0.4) is 0 Å². The molecule has 0 bridgehead atoms. The van der Waals surface area contributed by atoms with E-state index in [0.29, 0.717) is 12.2 Å². The molecule has 0 unspecified atom stereocenters. The highest BCUT2D eigenvalue weighted by molar-refractivity contribution is 5.76. The van der Waals surface area contributed by atoms with Gasteiger partial charge in [0.15, 0.2) is 0 Å². The van der Waals surface area contributed by atoms with Gasteiger partial charge in [-0.15, -0.1) is 0 Å². The predicted octanol–water partition coefficient (Wildman–Crippen LogP) is 4.01. The lowest BCUT2D eigenvalue weighted by Crippen LogP contribution is -2.19. The van der Waals surface area contributed by atoms with Crippen LogP contribution in [0.1, 0.15) is 22.6 Å². The molecule has 0 aliphatic rings. The first kappa shape index (κ1) is 18.3. The van der Waals surface area contributed by atoms with Crippen LogP contribution < -0.4 is 5.32 Å². The molecule has 1 N–H and O–H groups in total. The molecule has 0 atom stereocenters. The second-order valence-corrected chi connectivity index (χ2v) is 6.71. The average molecular weight is 372 g/mol. The Balaban J connectivity index is 1.51. The third-order valence-corrected chi connectivity index (χ3v) is 4.68. The fraction of sp³-hybridized carbons (Fsp3) is 0.174. The van der Waals surface area contributed by atoms with Crippen LogP contribution in [-0.4, -0.2) is 21.1 Å². The number of halogens is 1. The quantitative estimate of drug-likeness (QED) is 0.499. The summed E-state index contributed by atoms with van der Waals surface area (Å²) >= 11 is 0. The molecule has 0 saturated carbocycles. The number of benzene rings is 2. The molecule has 0 fully saturated rings. The van der Waals surface area contributed by atoms with Gasteiger partial charge < -0.3 is 9.88 Å². The summed E-state index contributed by atoms with van der Waals surface area (Å²) in [5.74, 6) is 0.609. The van der Waals surface area contributed by atoms with Crippen molar-refractivity contribution >= 4 is 11.0 Å². The number of para-hydroxylation sites is 2. The molecule has 0 aliphatic carbocycles. The van der Waals surface area contributed by atoms with Crippen LogP contribution in [0.2, 0.25) is 0 Å². The highest BCUT2D eigenvalue weighted by Crippen LogP contribution is 2.18. The number of hydrogen-bond acceptors (Lipinski definition) is 3. The first-order valence-electron chi connectivity index (χ1n) is 9.29. The van der Waals surface area contributed by atoms with E-state index in [2.05, 4.69) is 10.3 Å². The number of rotatable bonds is 7. The fourth-order valence-electron chi connectivity index (χ4n) is 3.31. The summed E-state index contributed by atoms with van der Waals surface area (Å²) in [6, 6.07) is 18.8. The first-order chi connectivity index (χ1) is 13.7. The van der Waals surface area contributed by atoms with Crippen LogP contribution in [0.5, 0.6) is 0 Å². The van der Waals surface area contributed by atoms with Gasteiger partial charge >= 0.3 is 0 Å². The molecule has 2 aromatic carbocycles. The molecule has 0 spiro atoms. The minimum atomic E-state index is -0.300. The van der Waals surface area contributed by atoms with Gasteiger partial charge in [0, 0.05) is 25.7 Å². The van der Waals surface area contributed by atoms with Crippen molar-refractivity contribution < 1.29 is 4.39 Å². The molecule has 140 valence electrons. The van der Waals surface area contributed by atoms with E-state index in [1.165, 1.54) is 6.07 Å². The van der Waals surface area contributed by atoms with Crippen molar-refractivity contribution in [1.82, 2.24) is 19.9 Å². The second kappa shape index (κ2) is 8.31. The van der Waals surface area contributed by atoms with Crippen LogP contribution >= 0.6 is 0 Å². The maximum Gasteiger partial charge on any atom is 0.146 e. The molecule has 4 nitrogen and oxygen atoms in total. The van der Waals surface area contributed by atoms with Gasteiger partial charge in [0.25, 0.3) is 0 Å². The molecule has 4 aromatic rings. The lowest BCUT2D eigenvalue weighted by molar-refractivity contribution is 0.580. The van der Waals surface area contributed by atoms with Crippen LogP contribution in [0.15, 0.2) is 66.9 Å². The Morgan fingerprint density at radius 2 is 1.93 bits per heavy atom. The average Bonchev–Trinajstić information content (AvgIpc) is 3.05. The largest absolute Gasteiger partial charge is 0.322 e. The maximum atomic E-state index is 14.1. The molecule has 4 rings (SSSR count). The Morgan fingerprint density at radius 1 is 1.04 bits per heavy atom. The second-order valence-electron chi connectivity index (χ2n) is 6.71. The van der Waals surface area contributed by atoms with Crippen molar-refractivity contribution in [3.8, 4) is 0 Å². The number of hydrogen-bond donors (Lipinski definition) is 1. The van der Waals surface area contributed by atoms with Crippen LogP contribution in [-0.2, 0) is 19.5 Å². The van der Waals surface area contributed by atoms with E-state index in [4.69, 9.17) is 11.9 Å². The highest BCUT2D eigenvalue weighted by atomic mass is 19.1. The minimum absolute atomic E-state index is 0.300. The lowest BCUT2D eigenvalue weighted by atomic mass is 10.1. The van der Waals surface area contributed by atoms with E-state index in [-0.39, 0.29) is 5.82 Å². The van der Waals surface area contributed by atoms with Gasteiger partial charge in [-0.3, -0.25) is 4.98 Å². The van der Waals surface area contributed by atoms with Gasteiger partial charge in [0.1, 0.15) is 11.6 Å². The summed E-state index contributed by atoms with van der Waals surface area (Å²) in [5.41, 5.74) is 4.21. The van der Waals surface area contributed by atoms with E-state index in [1.807, 2.05) is 53.1 Å². The highest BCUT2D eigenvalue weighted by Gasteiger charge is 2.13. The van der Waals surface area contributed by atoms with Crippen molar-refractivity contribution in [3.05, 3.63) is 102 Å². The Labute approximate surface area is 164 Å². The summed E-state index contributed by atoms with van der Waals surface area (Å²) in [4.78, 5) is 8.94. The summed E-state index contributed by atoms with van der Waals surface area (Å²) < 4.78 is 16.2. The standard InChI is InChI=1S/C23H21FN4/c1-17-6-4-7-18(14-17)15-25-13-11-23-27-20-9-2-3-10-22(20)28(23)16-21-19(24)8-5-12-26-21/h1-10,12,14,25H,11,13,15-16H2. The molecule has 5 heteroatoms. The number of nitrogens with zero attached hydrogens (tertiary/aromatic N) is 3. The Kier molecular flexibility index (Phi) is 5.44. The number of aromatic nitrogens is 3. The van der Waals surface area contributed by atoms with Crippen molar-refractivity contribution in [3.63, 3.8) is 0 Å². The Bertz CT molecular complexity index is 1090. The molecule has 2 heterocycles. The summed E-state index contributed by atoms with van der Waals surface area (Å²) in [7, 11) is 0. The number of imidazole rings is 1. The van der Waals surface area contributed by atoms with Gasteiger partial charge in [-0.25, -0.2) is 9.37 Å². The molecule has 28 heavy (non-hydrogen) atoms. The number of nitrogens with one attached hydrogen (secondary N) is 1. The first-order valence-corrected chi connectivity index (χ1v) is 9.29. The van der Waals surface area contributed by atoms with E-state index in [0.717, 1.165) is 47.5 Å². The molecular weight excluding hydrogens is 351 g/mol. The third-order valence-electron chi connectivity index (χ3n) is 4.68. The maximum absolute atomic E-state index is 14.1. The van der Waals surface area contributed by atoms with Gasteiger partial charge in [0.2, 0.25) is 0 Å². The number of pyridine rings is 1. The molecule has 0 amide bonds. The fourth-order valence-corrected chi connectivity index (χ4v) is 3.31. The third kappa shape index (κ3) is 4.10. The van der Waals surface area contributed by atoms with Gasteiger partial charge in [-0.1, -0.05) is 36.4 Å². The topological polar surface area (TPSA) is 42.7 Å². The lowest BCUT2D eigenvalue weighted by Gasteiger charge is -2.10. The summed E-state index contributed by atoms with van der Waals surface area (Å²) in [6.45, 7) is 7.67. The zero-order chi connectivity index (χ0) is 19.3. The van der Waals surface area contributed by atoms with E-state index < -0.39 is 0 Å². The molecular formula is C23H21FN4. The Morgan fingerprint density at radius 3 is 2.79 bits per heavy atom. The molecule has 0 aliphatic heterocycles. The van der Waals surface area contributed by atoms with E-state index in [1.54, 1.807) is 12.3 Å². The summed E-state index contributed by atoms with van der Waals surface area (Å²) in [6.07, 6.45) is 2.34. The monoisotopic (exact) mass is 372 g/mol. The normalized spacial score (nSPS) is 11.2. The molecule has 2 aromatic heterocycles. The summed E-state index contributed by atoms with van der Waals surface area (Å²) in [5, 5.41) is 3.43. The van der Waals surface area contributed by atoms with Crippen molar-refractivity contribution in [2.75, 3.05) is 6.54 Å². The van der Waals surface area contributed by atoms with Gasteiger partial charge in [-0.2, -0.15) is 0 Å². The van der Waals surface area contributed by atoms with E-state index in [9.17, 15) is 4.39 Å². The van der Waals surface area contributed by atoms with Crippen molar-refractivity contribution in [1.29, 1.82) is 0 Å². The van der Waals surface area contributed by atoms with Crippen LogP contribution in [0, 0.1) is 12.7 Å². The van der Waals surface area contributed by atoms with Crippen molar-refractivity contribution in [2.45, 2.75) is 19.5 Å². The van der Waals surface area contributed by atoms with Crippen LogP contribution in [0.4, 0.5) is 4.39 Å². The molecule has 0 saturated heterocycles. The Hall–Kier alpha value is -3.05. The molecule has 2 radical (unpaired) electrons. The number of fused-ring (bicyclic) bond motifs is 1. The van der Waals surface area contributed by atoms with Crippen LogP contribution in [0.25, 0.3) is 11.0 Å².